The largest absolute Gasteiger partial charge is 0.481 e. The van der Waals surface area contributed by atoms with Gasteiger partial charge in [-0.3, -0.25) is 9.59 Å². The van der Waals surface area contributed by atoms with Gasteiger partial charge in [-0.25, -0.2) is 0 Å². The molecule has 4 nitrogen and oxygen atoms in total. The minimum atomic E-state index is -0.814. The molecular formula is C22H37NO3. The van der Waals surface area contributed by atoms with Crippen molar-refractivity contribution in [2.45, 2.75) is 84.0 Å². The lowest BCUT2D eigenvalue weighted by Crippen LogP contribution is -2.24. The number of unbranched alkanes of at least 4 members (excludes halogenated alkanes) is 5. The topological polar surface area (TPSA) is 66.4 Å². The van der Waals surface area contributed by atoms with E-state index < -0.39 is 5.97 Å². The number of carbonyl (C=O) groups is 2. The van der Waals surface area contributed by atoms with Crippen LogP contribution >= 0.6 is 0 Å². The van der Waals surface area contributed by atoms with E-state index in [1.165, 1.54) is 19.3 Å². The summed E-state index contributed by atoms with van der Waals surface area (Å²) in [5.74, 6) is -0.776. The van der Waals surface area contributed by atoms with E-state index in [0.29, 0.717) is 19.4 Å². The molecule has 0 aliphatic rings. The molecule has 0 fully saturated rings. The number of rotatable bonds is 17. The van der Waals surface area contributed by atoms with Crippen LogP contribution in [0.3, 0.4) is 0 Å². The first kappa shape index (κ1) is 24.2. The molecule has 0 unspecified atom stereocenters. The predicted molar refractivity (Wildman–Crippen MR) is 109 cm³/mol. The van der Waals surface area contributed by atoms with Crippen molar-refractivity contribution in [2.24, 2.45) is 0 Å². The van der Waals surface area contributed by atoms with E-state index >= 15 is 0 Å². The van der Waals surface area contributed by atoms with Gasteiger partial charge in [0.15, 0.2) is 0 Å². The van der Waals surface area contributed by atoms with Crippen LogP contribution in [0.4, 0.5) is 0 Å². The highest BCUT2D eigenvalue weighted by atomic mass is 16.4. The molecule has 0 aromatic heterocycles. The van der Waals surface area contributed by atoms with E-state index in [1.54, 1.807) is 0 Å². The Balaban J connectivity index is 3.32. The second kappa shape index (κ2) is 19.5. The van der Waals surface area contributed by atoms with Crippen LogP contribution in [-0.4, -0.2) is 23.5 Å². The number of hydrogen-bond donors (Lipinski definition) is 2. The summed E-state index contributed by atoms with van der Waals surface area (Å²) in [5, 5.41) is 11.3. The van der Waals surface area contributed by atoms with Crippen molar-refractivity contribution < 1.29 is 14.7 Å². The summed E-state index contributed by atoms with van der Waals surface area (Å²) in [6.07, 6.45) is 24.3. The number of carboxylic acids is 1. The second-order valence-electron chi connectivity index (χ2n) is 6.45. The molecule has 0 saturated heterocycles. The van der Waals surface area contributed by atoms with Gasteiger partial charge in [-0.2, -0.15) is 0 Å². The lowest BCUT2D eigenvalue weighted by atomic mass is 10.1. The lowest BCUT2D eigenvalue weighted by Gasteiger charge is -2.04. The average Bonchev–Trinajstić information content (AvgIpc) is 2.62. The highest BCUT2D eigenvalue weighted by molar-refractivity contribution is 5.75. The molecular weight excluding hydrogens is 326 g/mol. The fourth-order valence-electron chi connectivity index (χ4n) is 2.46. The van der Waals surface area contributed by atoms with Crippen LogP contribution in [0.25, 0.3) is 0 Å². The van der Waals surface area contributed by atoms with E-state index in [2.05, 4.69) is 48.7 Å². The summed E-state index contributed by atoms with van der Waals surface area (Å²) in [4.78, 5) is 21.9. The molecule has 0 heterocycles. The number of allylic oxidation sites excluding steroid dienone is 6. The van der Waals surface area contributed by atoms with Gasteiger partial charge in [-0.15, -0.1) is 0 Å². The van der Waals surface area contributed by atoms with Gasteiger partial charge >= 0.3 is 5.97 Å². The highest BCUT2D eigenvalue weighted by Crippen LogP contribution is 2.08. The Kier molecular flexibility index (Phi) is 18.1. The van der Waals surface area contributed by atoms with Crippen molar-refractivity contribution in [1.29, 1.82) is 0 Å². The van der Waals surface area contributed by atoms with Crippen LogP contribution < -0.4 is 5.32 Å². The molecule has 0 atom stereocenters. The first-order chi connectivity index (χ1) is 12.7. The molecule has 26 heavy (non-hydrogen) atoms. The van der Waals surface area contributed by atoms with Crippen LogP contribution in [0.5, 0.6) is 0 Å². The van der Waals surface area contributed by atoms with Gasteiger partial charge in [0.25, 0.3) is 0 Å². The number of carbonyl (C=O) groups excluding carboxylic acids is 1. The molecule has 1 amide bonds. The zero-order valence-electron chi connectivity index (χ0n) is 16.4. The lowest BCUT2D eigenvalue weighted by molar-refractivity contribution is -0.137. The molecule has 0 aromatic carbocycles. The first-order valence-corrected chi connectivity index (χ1v) is 10.1. The molecule has 0 rings (SSSR count). The summed E-state index contributed by atoms with van der Waals surface area (Å²) in [6, 6.07) is 0. The van der Waals surface area contributed by atoms with Gasteiger partial charge < -0.3 is 10.4 Å². The molecule has 0 saturated carbocycles. The standard InChI is InChI=1S/C22H37NO3/c1-2-3-4-5-6-7-8-9-10-11-12-13-14-15-16-18-21(24)23-20-17-19-22(25)26/h3-4,6-7,9-10H,2,5,8,11-20H2,1H3,(H,23,24)(H,25,26)/b4-3-,7-6-,10-9-. The molecule has 0 spiro atoms. The van der Waals surface area contributed by atoms with Gasteiger partial charge in [0.1, 0.15) is 0 Å². The van der Waals surface area contributed by atoms with Gasteiger partial charge in [0.05, 0.1) is 0 Å². The Labute approximate surface area is 159 Å². The number of amides is 1. The van der Waals surface area contributed by atoms with Crippen LogP contribution in [0.15, 0.2) is 36.5 Å². The van der Waals surface area contributed by atoms with E-state index in [0.717, 1.165) is 38.5 Å². The van der Waals surface area contributed by atoms with Crippen molar-refractivity contribution in [3.8, 4) is 0 Å². The first-order valence-electron chi connectivity index (χ1n) is 10.1. The van der Waals surface area contributed by atoms with Crippen molar-refractivity contribution in [3.05, 3.63) is 36.5 Å². The number of nitrogens with one attached hydrogen (secondary N) is 1. The third kappa shape index (κ3) is 20.2. The summed E-state index contributed by atoms with van der Waals surface area (Å²) < 4.78 is 0. The zero-order valence-corrected chi connectivity index (χ0v) is 16.4. The monoisotopic (exact) mass is 363 g/mol. The predicted octanol–water partition coefficient (Wildman–Crippen LogP) is 5.56. The Morgan fingerprint density at radius 2 is 1.38 bits per heavy atom. The molecule has 0 aliphatic heterocycles. The molecule has 0 radical (unpaired) electrons. The van der Waals surface area contributed by atoms with Gasteiger partial charge in [0, 0.05) is 19.4 Å². The summed E-state index contributed by atoms with van der Waals surface area (Å²) in [7, 11) is 0. The molecule has 148 valence electrons. The molecule has 0 bridgehead atoms. The quantitative estimate of drug-likeness (QED) is 0.263. The van der Waals surface area contributed by atoms with Gasteiger partial charge in [-0.05, 0) is 44.9 Å². The Morgan fingerprint density at radius 3 is 2.08 bits per heavy atom. The summed E-state index contributed by atoms with van der Waals surface area (Å²) in [6.45, 7) is 2.61. The van der Waals surface area contributed by atoms with Crippen LogP contribution in [0, 0.1) is 0 Å². The maximum Gasteiger partial charge on any atom is 0.303 e. The van der Waals surface area contributed by atoms with Crippen molar-refractivity contribution >= 4 is 11.9 Å². The maximum atomic E-state index is 11.5. The maximum absolute atomic E-state index is 11.5. The normalized spacial score (nSPS) is 11.7. The Bertz CT molecular complexity index is 439. The minimum absolute atomic E-state index is 0.0385. The minimum Gasteiger partial charge on any atom is -0.481 e. The van der Waals surface area contributed by atoms with Gasteiger partial charge in [-0.1, -0.05) is 62.6 Å². The van der Waals surface area contributed by atoms with E-state index in [9.17, 15) is 9.59 Å². The second-order valence-corrected chi connectivity index (χ2v) is 6.45. The molecule has 0 aliphatic carbocycles. The van der Waals surface area contributed by atoms with Crippen molar-refractivity contribution in [1.82, 2.24) is 5.32 Å². The fourth-order valence-corrected chi connectivity index (χ4v) is 2.46. The summed E-state index contributed by atoms with van der Waals surface area (Å²) in [5.41, 5.74) is 0. The third-order valence-electron chi connectivity index (χ3n) is 3.94. The SMILES string of the molecule is CC/C=C\C/C=C\C/C=C\CCCCCCCC(=O)NCCCC(=O)O. The van der Waals surface area contributed by atoms with E-state index in [4.69, 9.17) is 5.11 Å². The van der Waals surface area contributed by atoms with Crippen LogP contribution in [0.2, 0.25) is 0 Å². The van der Waals surface area contributed by atoms with Crippen LogP contribution in [-0.2, 0) is 9.59 Å². The number of carboxylic acid groups (broad SMARTS) is 1. The van der Waals surface area contributed by atoms with E-state index in [1.807, 2.05) is 0 Å². The molecule has 0 aromatic rings. The smallest absolute Gasteiger partial charge is 0.303 e. The Hall–Kier alpha value is -1.84. The highest BCUT2D eigenvalue weighted by Gasteiger charge is 2.01. The third-order valence-corrected chi connectivity index (χ3v) is 3.94. The Morgan fingerprint density at radius 1 is 0.769 bits per heavy atom. The van der Waals surface area contributed by atoms with Crippen molar-refractivity contribution in [2.75, 3.05) is 6.54 Å². The average molecular weight is 364 g/mol. The molecule has 4 heteroatoms. The number of aliphatic carboxylic acids is 1. The fraction of sp³-hybridized carbons (Fsp3) is 0.636. The van der Waals surface area contributed by atoms with Crippen LogP contribution in [0.1, 0.15) is 84.0 Å². The summed E-state index contributed by atoms with van der Waals surface area (Å²) >= 11 is 0. The number of hydrogen-bond acceptors (Lipinski definition) is 2. The van der Waals surface area contributed by atoms with Crippen molar-refractivity contribution in [3.63, 3.8) is 0 Å². The van der Waals surface area contributed by atoms with Gasteiger partial charge in [0.2, 0.25) is 5.91 Å². The zero-order chi connectivity index (χ0) is 19.3. The van der Waals surface area contributed by atoms with E-state index in [-0.39, 0.29) is 12.3 Å². The molecule has 2 N–H and O–H groups in total.